The van der Waals surface area contributed by atoms with Crippen molar-refractivity contribution in [1.29, 1.82) is 5.26 Å². The van der Waals surface area contributed by atoms with Gasteiger partial charge in [-0.05, 0) is 43.5 Å². The molecule has 1 aliphatic heterocycles. The third-order valence-corrected chi connectivity index (χ3v) is 4.63. The third-order valence-electron chi connectivity index (χ3n) is 4.63. The molecule has 106 valence electrons. The van der Waals surface area contributed by atoms with Crippen LogP contribution in [-0.2, 0) is 0 Å². The van der Waals surface area contributed by atoms with Crippen molar-refractivity contribution in [2.75, 3.05) is 6.54 Å². The van der Waals surface area contributed by atoms with Crippen LogP contribution in [0.4, 0.5) is 0 Å². The van der Waals surface area contributed by atoms with Crippen LogP contribution < -0.4 is 10.6 Å². The highest BCUT2D eigenvalue weighted by Gasteiger charge is 2.40. The molecule has 3 unspecified atom stereocenters. The molecule has 21 heavy (non-hydrogen) atoms. The largest absolute Gasteiger partial charge is 0.348 e. The van der Waals surface area contributed by atoms with Crippen molar-refractivity contribution in [3.05, 3.63) is 41.7 Å². The molecule has 5 heteroatoms. The first-order valence-corrected chi connectivity index (χ1v) is 7.29. The summed E-state index contributed by atoms with van der Waals surface area (Å²) in [6, 6.07) is 8.27. The maximum absolute atomic E-state index is 12.4. The van der Waals surface area contributed by atoms with Crippen molar-refractivity contribution in [2.24, 2.45) is 5.92 Å². The van der Waals surface area contributed by atoms with Gasteiger partial charge < -0.3 is 15.0 Å². The van der Waals surface area contributed by atoms with E-state index in [1.54, 1.807) is 12.4 Å². The Hall–Kier alpha value is -2.32. The van der Waals surface area contributed by atoms with Gasteiger partial charge >= 0.3 is 0 Å². The van der Waals surface area contributed by atoms with Crippen LogP contribution in [0.1, 0.15) is 28.8 Å². The second-order valence-electron chi connectivity index (χ2n) is 6.02. The Labute approximate surface area is 122 Å². The van der Waals surface area contributed by atoms with E-state index >= 15 is 0 Å². The number of carbonyl (C=O) groups is 1. The van der Waals surface area contributed by atoms with Gasteiger partial charge in [0.15, 0.2) is 0 Å². The van der Waals surface area contributed by atoms with Crippen LogP contribution in [0.2, 0.25) is 0 Å². The van der Waals surface area contributed by atoms with E-state index in [2.05, 4.69) is 16.7 Å². The molecule has 3 heterocycles. The molecule has 2 fully saturated rings. The average molecular weight is 280 g/mol. The second-order valence-corrected chi connectivity index (χ2v) is 6.02. The number of amides is 1. The number of piperidine rings is 1. The Kier molecular flexibility index (Phi) is 2.72. The molecule has 2 N–H and O–H groups in total. The summed E-state index contributed by atoms with van der Waals surface area (Å²) in [4.78, 5) is 12.4. The SMILES string of the molecule is N#Cc1cc2ccc(C(=O)NC3CC4CNC3C4)cn2c1. The summed E-state index contributed by atoms with van der Waals surface area (Å²) >= 11 is 0. The van der Waals surface area contributed by atoms with E-state index in [1.165, 1.54) is 6.42 Å². The van der Waals surface area contributed by atoms with E-state index in [1.807, 2.05) is 22.6 Å². The molecule has 5 nitrogen and oxygen atoms in total. The molecule has 2 aromatic rings. The summed E-state index contributed by atoms with van der Waals surface area (Å²) in [5, 5.41) is 15.5. The van der Waals surface area contributed by atoms with E-state index in [9.17, 15) is 4.79 Å². The number of nitriles is 1. The fourth-order valence-electron chi connectivity index (χ4n) is 3.57. The zero-order chi connectivity index (χ0) is 14.4. The zero-order valence-electron chi connectivity index (χ0n) is 11.5. The highest BCUT2D eigenvalue weighted by atomic mass is 16.1. The Bertz CT molecular complexity index is 757. The molecule has 1 amide bonds. The van der Waals surface area contributed by atoms with Crippen LogP contribution in [0.15, 0.2) is 30.6 Å². The number of nitrogens with zero attached hydrogens (tertiary/aromatic N) is 2. The van der Waals surface area contributed by atoms with Crippen LogP contribution in [0.5, 0.6) is 0 Å². The molecule has 2 aromatic heterocycles. The number of carbonyl (C=O) groups excluding carboxylic acids is 1. The van der Waals surface area contributed by atoms with E-state index in [-0.39, 0.29) is 11.9 Å². The molecule has 1 saturated heterocycles. The van der Waals surface area contributed by atoms with Gasteiger partial charge in [-0.2, -0.15) is 5.26 Å². The maximum Gasteiger partial charge on any atom is 0.253 e. The lowest BCUT2D eigenvalue weighted by Gasteiger charge is -2.24. The highest BCUT2D eigenvalue weighted by Crippen LogP contribution is 2.31. The van der Waals surface area contributed by atoms with Crippen molar-refractivity contribution >= 4 is 11.4 Å². The Morgan fingerprint density at radius 2 is 2.29 bits per heavy atom. The summed E-state index contributed by atoms with van der Waals surface area (Å²) in [6.45, 7) is 1.09. The van der Waals surface area contributed by atoms with Gasteiger partial charge in [-0.1, -0.05) is 0 Å². The molecule has 1 aliphatic carbocycles. The molecule has 1 saturated carbocycles. The third kappa shape index (κ3) is 2.08. The van der Waals surface area contributed by atoms with Crippen LogP contribution >= 0.6 is 0 Å². The van der Waals surface area contributed by atoms with Gasteiger partial charge in [-0.15, -0.1) is 0 Å². The summed E-state index contributed by atoms with van der Waals surface area (Å²) in [6.07, 6.45) is 5.78. The minimum Gasteiger partial charge on any atom is -0.348 e. The molecule has 0 spiro atoms. The minimum atomic E-state index is -0.0385. The van der Waals surface area contributed by atoms with Gasteiger partial charge in [0.2, 0.25) is 0 Å². The summed E-state index contributed by atoms with van der Waals surface area (Å²) in [5.41, 5.74) is 2.15. The number of pyridine rings is 1. The van der Waals surface area contributed by atoms with E-state index < -0.39 is 0 Å². The van der Waals surface area contributed by atoms with Crippen LogP contribution in [-0.4, -0.2) is 28.9 Å². The standard InChI is InChI=1S/C16H16N4O/c17-6-11-3-13-2-1-12(9-20(13)8-11)16(21)19-15-5-10-4-14(15)18-7-10/h1-3,8-10,14-15,18H,4-5,7H2,(H,19,21). The fraction of sp³-hybridized carbons (Fsp3) is 0.375. The van der Waals surface area contributed by atoms with Gasteiger partial charge in [0.05, 0.1) is 11.1 Å². The molecule has 0 radical (unpaired) electrons. The van der Waals surface area contributed by atoms with Gasteiger partial charge in [0.1, 0.15) is 6.07 Å². The predicted octanol–water partition coefficient (Wildman–Crippen LogP) is 1.29. The van der Waals surface area contributed by atoms with Crippen LogP contribution in [0, 0.1) is 17.2 Å². The van der Waals surface area contributed by atoms with Gasteiger partial charge in [-0.25, -0.2) is 0 Å². The number of fused-ring (bicyclic) bond motifs is 3. The maximum atomic E-state index is 12.4. The van der Waals surface area contributed by atoms with E-state index in [4.69, 9.17) is 5.26 Å². The fourth-order valence-corrected chi connectivity index (χ4v) is 3.57. The minimum absolute atomic E-state index is 0.0385. The lowest BCUT2D eigenvalue weighted by Crippen LogP contribution is -2.47. The van der Waals surface area contributed by atoms with Crippen molar-refractivity contribution in [1.82, 2.24) is 15.0 Å². The molecule has 4 rings (SSSR count). The topological polar surface area (TPSA) is 69.3 Å². The summed E-state index contributed by atoms with van der Waals surface area (Å²) in [7, 11) is 0. The molecule has 2 aliphatic rings. The molecular formula is C16H16N4O. The quantitative estimate of drug-likeness (QED) is 0.871. The number of hydrogen-bond acceptors (Lipinski definition) is 3. The van der Waals surface area contributed by atoms with Crippen molar-refractivity contribution in [3.8, 4) is 6.07 Å². The number of rotatable bonds is 2. The zero-order valence-corrected chi connectivity index (χ0v) is 11.5. The number of aromatic nitrogens is 1. The molecule has 2 bridgehead atoms. The first-order chi connectivity index (χ1) is 10.2. The van der Waals surface area contributed by atoms with Crippen molar-refractivity contribution < 1.29 is 4.79 Å². The second kappa shape index (κ2) is 4.61. The summed E-state index contributed by atoms with van der Waals surface area (Å²) < 4.78 is 1.83. The Balaban J connectivity index is 1.55. The smallest absolute Gasteiger partial charge is 0.253 e. The molecular weight excluding hydrogens is 264 g/mol. The average Bonchev–Trinajstić information content (AvgIpc) is 3.20. The predicted molar refractivity (Wildman–Crippen MR) is 77.9 cm³/mol. The highest BCUT2D eigenvalue weighted by molar-refractivity contribution is 5.94. The lowest BCUT2D eigenvalue weighted by molar-refractivity contribution is 0.0928. The van der Waals surface area contributed by atoms with Crippen LogP contribution in [0.25, 0.3) is 5.52 Å². The molecule has 0 aromatic carbocycles. The summed E-state index contributed by atoms with van der Waals surface area (Å²) in [5.74, 6) is 0.675. The van der Waals surface area contributed by atoms with Gasteiger partial charge in [0, 0.05) is 30.0 Å². The Morgan fingerprint density at radius 3 is 3.00 bits per heavy atom. The first-order valence-electron chi connectivity index (χ1n) is 7.29. The van der Waals surface area contributed by atoms with Crippen molar-refractivity contribution in [2.45, 2.75) is 24.9 Å². The Morgan fingerprint density at radius 1 is 1.38 bits per heavy atom. The lowest BCUT2D eigenvalue weighted by atomic mass is 10.1. The number of hydrogen-bond donors (Lipinski definition) is 2. The molecule has 3 atom stereocenters. The van der Waals surface area contributed by atoms with Gasteiger partial charge in [-0.3, -0.25) is 4.79 Å². The first kappa shape index (κ1) is 12.4. The van der Waals surface area contributed by atoms with Gasteiger partial charge in [0.25, 0.3) is 5.91 Å². The monoisotopic (exact) mass is 280 g/mol. The number of nitrogens with one attached hydrogen (secondary N) is 2. The van der Waals surface area contributed by atoms with E-state index in [0.717, 1.165) is 18.5 Å². The van der Waals surface area contributed by atoms with Crippen molar-refractivity contribution in [3.63, 3.8) is 0 Å². The van der Waals surface area contributed by atoms with E-state index in [0.29, 0.717) is 23.1 Å². The van der Waals surface area contributed by atoms with Crippen LogP contribution in [0.3, 0.4) is 0 Å². The normalized spacial score (nSPS) is 26.9.